The minimum Gasteiger partial charge on any atom is -0.497 e. The number of amides is 1. The van der Waals surface area contributed by atoms with E-state index in [9.17, 15) is 14.4 Å². The van der Waals surface area contributed by atoms with Crippen LogP contribution in [0.25, 0.3) is 11.0 Å². The van der Waals surface area contributed by atoms with Gasteiger partial charge < -0.3 is 18.8 Å². The first-order valence-electron chi connectivity index (χ1n) is 10.6. The van der Waals surface area contributed by atoms with E-state index in [1.165, 1.54) is 18.1 Å². The third-order valence-corrected chi connectivity index (χ3v) is 5.52. The van der Waals surface area contributed by atoms with Gasteiger partial charge in [0.05, 0.1) is 36.0 Å². The highest BCUT2D eigenvalue weighted by Crippen LogP contribution is 2.32. The molecule has 0 fully saturated rings. The number of aryl methyl sites for hydroxylation is 1. The molecule has 3 heterocycles. The first-order chi connectivity index (χ1) is 16.5. The zero-order valence-electron chi connectivity index (χ0n) is 18.3. The van der Waals surface area contributed by atoms with E-state index >= 15 is 0 Å². The molecule has 1 aliphatic rings. The minimum absolute atomic E-state index is 0.127. The average molecular weight is 460 g/mol. The van der Waals surface area contributed by atoms with Crippen molar-refractivity contribution in [2.45, 2.75) is 19.6 Å². The van der Waals surface area contributed by atoms with Crippen molar-refractivity contribution in [2.24, 2.45) is 0 Å². The van der Waals surface area contributed by atoms with Gasteiger partial charge in [-0.2, -0.15) is 0 Å². The molecular formula is C24H20N4O6. The molecular weight excluding hydrogens is 440 g/mol. The third-order valence-electron chi connectivity index (χ3n) is 5.52. The fourth-order valence-corrected chi connectivity index (χ4v) is 3.89. The number of anilines is 1. The van der Waals surface area contributed by atoms with Crippen LogP contribution in [0.4, 0.5) is 5.69 Å². The summed E-state index contributed by atoms with van der Waals surface area (Å²) in [5, 5.41) is 8.89. The van der Waals surface area contributed by atoms with Crippen LogP contribution in [0.1, 0.15) is 22.5 Å². The maximum atomic E-state index is 12.4. The molecule has 172 valence electrons. The fourth-order valence-electron chi connectivity index (χ4n) is 3.89. The molecule has 0 unspecified atom stereocenters. The maximum absolute atomic E-state index is 12.4. The van der Waals surface area contributed by atoms with Crippen LogP contribution in [0.2, 0.25) is 0 Å². The average Bonchev–Trinajstić information content (AvgIpc) is 3.40. The molecule has 0 spiro atoms. The quantitative estimate of drug-likeness (QED) is 0.291. The lowest BCUT2D eigenvalue weighted by molar-refractivity contribution is -0.114. The number of carbonyl (C=O) groups excluding carboxylic acids is 2. The molecule has 5 rings (SSSR count). The summed E-state index contributed by atoms with van der Waals surface area (Å²) in [5.74, 6) is -0.135. The number of hydrogen-bond donors (Lipinski definition) is 0. The first-order valence-corrected chi connectivity index (χ1v) is 10.6. The van der Waals surface area contributed by atoms with Crippen molar-refractivity contribution in [2.75, 3.05) is 18.6 Å². The number of hydrogen-bond acceptors (Lipinski definition) is 8. The summed E-state index contributed by atoms with van der Waals surface area (Å²) < 4.78 is 17.8. The lowest BCUT2D eigenvalue weighted by atomic mass is 10.1. The summed E-state index contributed by atoms with van der Waals surface area (Å²) in [6.07, 6.45) is 2.31. The monoisotopic (exact) mass is 460 g/mol. The van der Waals surface area contributed by atoms with E-state index in [1.54, 1.807) is 41.2 Å². The smallest absolute Gasteiger partial charge is 0.339 e. The Morgan fingerprint density at radius 3 is 2.74 bits per heavy atom. The zero-order chi connectivity index (χ0) is 23.7. The van der Waals surface area contributed by atoms with E-state index in [0.717, 1.165) is 0 Å². The summed E-state index contributed by atoms with van der Waals surface area (Å²) in [6.45, 7) is 0.984. The molecule has 0 saturated carbocycles. The number of carbonyl (C=O) groups is 2. The number of rotatable bonds is 8. The molecule has 1 aliphatic heterocycles. The van der Waals surface area contributed by atoms with E-state index in [2.05, 4.69) is 10.3 Å². The third kappa shape index (κ3) is 4.01. The van der Waals surface area contributed by atoms with Gasteiger partial charge in [0.25, 0.3) is 11.7 Å². The van der Waals surface area contributed by atoms with Crippen LogP contribution in [0.5, 0.6) is 11.5 Å². The highest BCUT2D eigenvalue weighted by molar-refractivity contribution is 6.52. The number of para-hydroxylation sites is 1. The van der Waals surface area contributed by atoms with E-state index in [0.29, 0.717) is 58.9 Å². The van der Waals surface area contributed by atoms with Crippen molar-refractivity contribution < 1.29 is 23.5 Å². The molecule has 0 radical (unpaired) electrons. The molecule has 34 heavy (non-hydrogen) atoms. The molecule has 0 atom stereocenters. The maximum Gasteiger partial charge on any atom is 0.339 e. The molecule has 0 saturated heterocycles. The summed E-state index contributed by atoms with van der Waals surface area (Å²) in [5.41, 5.74) is 1.48. The minimum atomic E-state index is -0.546. The van der Waals surface area contributed by atoms with Gasteiger partial charge in [0.1, 0.15) is 29.4 Å². The second-order valence-electron chi connectivity index (χ2n) is 7.71. The largest absolute Gasteiger partial charge is 0.497 e. The van der Waals surface area contributed by atoms with Gasteiger partial charge in [-0.05, 0) is 36.8 Å². The Morgan fingerprint density at radius 1 is 1.03 bits per heavy atom. The molecule has 4 aromatic rings. The lowest BCUT2D eigenvalue weighted by Gasteiger charge is -2.16. The van der Waals surface area contributed by atoms with Crippen molar-refractivity contribution in [3.8, 4) is 11.5 Å². The number of benzene rings is 2. The molecule has 1 amide bonds. The van der Waals surface area contributed by atoms with E-state index < -0.39 is 17.3 Å². The Kier molecular flexibility index (Phi) is 5.54. The second kappa shape index (κ2) is 8.81. The molecule has 10 heteroatoms. The van der Waals surface area contributed by atoms with Gasteiger partial charge in [0, 0.05) is 13.1 Å². The number of ketones is 1. The molecule has 0 N–H and O–H groups in total. The summed E-state index contributed by atoms with van der Waals surface area (Å²) >= 11 is 0. The number of aromatic nitrogens is 3. The number of methoxy groups -OCH3 is 1. The van der Waals surface area contributed by atoms with Crippen LogP contribution in [-0.4, -0.2) is 40.3 Å². The normalized spacial score (nSPS) is 12.9. The van der Waals surface area contributed by atoms with Crippen molar-refractivity contribution in [1.82, 2.24) is 15.0 Å². The van der Waals surface area contributed by atoms with Gasteiger partial charge >= 0.3 is 5.63 Å². The van der Waals surface area contributed by atoms with Gasteiger partial charge in [-0.15, -0.1) is 5.10 Å². The van der Waals surface area contributed by atoms with E-state index in [-0.39, 0.29) is 6.61 Å². The number of nitrogens with zero attached hydrogens (tertiary/aromatic N) is 4. The second-order valence-corrected chi connectivity index (χ2v) is 7.71. The highest BCUT2D eigenvalue weighted by Gasteiger charge is 2.35. The molecule has 2 aromatic carbocycles. The van der Waals surface area contributed by atoms with E-state index in [4.69, 9.17) is 13.9 Å². The summed E-state index contributed by atoms with van der Waals surface area (Å²) in [4.78, 5) is 37.9. The Labute approximate surface area is 193 Å². The van der Waals surface area contributed by atoms with Crippen molar-refractivity contribution >= 4 is 28.3 Å². The Morgan fingerprint density at radius 2 is 1.88 bits per heavy atom. The molecule has 2 aromatic heterocycles. The fraction of sp³-hybridized carbons (Fsp3) is 0.208. The molecule has 0 aliphatic carbocycles. The van der Waals surface area contributed by atoms with Gasteiger partial charge in [0.2, 0.25) is 0 Å². The van der Waals surface area contributed by atoms with Gasteiger partial charge in [-0.1, -0.05) is 17.3 Å². The topological polar surface area (TPSA) is 117 Å². The zero-order valence-corrected chi connectivity index (χ0v) is 18.3. The van der Waals surface area contributed by atoms with Crippen LogP contribution in [-0.2, 0) is 17.9 Å². The Bertz CT molecular complexity index is 1460. The Hall–Kier alpha value is -4.47. The number of ether oxygens (including phenoxy) is 2. The standard InChI is InChI=1S/C24H20N4O6/c1-32-16-7-8-19-18(11-16)23(30)24(31)28(19)10-4-9-27-13-15(25-26-27)14-33-21-12-22(29)34-20-6-3-2-5-17(20)21/h2-3,5-8,11-13H,4,9-10,14H2,1H3. The summed E-state index contributed by atoms with van der Waals surface area (Å²) in [7, 11) is 1.51. The predicted octanol–water partition coefficient (Wildman–Crippen LogP) is 2.59. The van der Waals surface area contributed by atoms with Gasteiger partial charge in [-0.25, -0.2) is 4.79 Å². The number of fused-ring (bicyclic) bond motifs is 2. The summed E-state index contributed by atoms with van der Waals surface area (Å²) in [6, 6.07) is 13.4. The predicted molar refractivity (Wildman–Crippen MR) is 121 cm³/mol. The van der Waals surface area contributed by atoms with Gasteiger partial charge in [-0.3, -0.25) is 14.3 Å². The van der Waals surface area contributed by atoms with Crippen LogP contribution < -0.4 is 20.0 Å². The highest BCUT2D eigenvalue weighted by atomic mass is 16.5. The van der Waals surface area contributed by atoms with E-state index in [1.807, 2.05) is 12.1 Å². The van der Waals surface area contributed by atoms with Crippen LogP contribution in [0, 0.1) is 0 Å². The Balaban J connectivity index is 1.20. The number of Topliss-reactive ketones (excluding diaryl/α,β-unsaturated/α-hetero) is 1. The van der Waals surface area contributed by atoms with Crippen molar-refractivity contribution in [1.29, 1.82) is 0 Å². The molecule has 10 nitrogen and oxygen atoms in total. The van der Waals surface area contributed by atoms with Crippen molar-refractivity contribution in [3.63, 3.8) is 0 Å². The van der Waals surface area contributed by atoms with Crippen LogP contribution in [0.3, 0.4) is 0 Å². The molecule has 0 bridgehead atoms. The van der Waals surface area contributed by atoms with Crippen LogP contribution in [0.15, 0.2) is 63.9 Å². The van der Waals surface area contributed by atoms with Crippen molar-refractivity contribution in [3.05, 3.63) is 76.4 Å². The lowest BCUT2D eigenvalue weighted by Crippen LogP contribution is -2.31. The van der Waals surface area contributed by atoms with Crippen LogP contribution >= 0.6 is 0 Å². The van der Waals surface area contributed by atoms with Gasteiger partial charge in [0.15, 0.2) is 0 Å². The SMILES string of the molecule is COc1ccc2c(c1)C(=O)C(=O)N2CCCn1cc(COc2cc(=O)oc3ccccc23)nn1. The first kappa shape index (κ1) is 21.4.